The highest BCUT2D eigenvalue weighted by atomic mass is 35.5. The minimum atomic E-state index is 0.254. The smallest absolute Gasteiger partial charge is 0.131 e. The number of thiophene rings is 2. The Balaban J connectivity index is 1.75. The van der Waals surface area contributed by atoms with Crippen molar-refractivity contribution in [3.8, 4) is 0 Å². The molecule has 1 aliphatic carbocycles. The Morgan fingerprint density at radius 1 is 1.30 bits per heavy atom. The number of nitrogens with two attached hydrogens (primary N) is 1. The van der Waals surface area contributed by atoms with Crippen molar-refractivity contribution in [2.45, 2.75) is 64.0 Å². The highest BCUT2D eigenvalue weighted by Crippen LogP contribution is 2.44. The van der Waals surface area contributed by atoms with E-state index in [9.17, 15) is 0 Å². The Bertz CT molecular complexity index is 904. The molecule has 0 unspecified atom stereocenters. The highest BCUT2D eigenvalue weighted by molar-refractivity contribution is 7.20. The van der Waals surface area contributed by atoms with Gasteiger partial charge < -0.3 is 11.1 Å². The van der Waals surface area contributed by atoms with Crippen molar-refractivity contribution in [3.63, 3.8) is 0 Å². The van der Waals surface area contributed by atoms with Gasteiger partial charge in [0.2, 0.25) is 0 Å². The summed E-state index contributed by atoms with van der Waals surface area (Å²) in [5, 5.41) is 6.25. The molecular weight excluding hydrogens is 394 g/mol. The first-order valence-corrected chi connectivity index (χ1v) is 11.9. The molecule has 1 saturated carbocycles. The van der Waals surface area contributed by atoms with Gasteiger partial charge in [-0.1, -0.05) is 43.9 Å². The van der Waals surface area contributed by atoms with E-state index in [2.05, 4.69) is 29.8 Å². The normalized spacial score (nSPS) is 20.7. The van der Waals surface area contributed by atoms with Gasteiger partial charge in [-0.05, 0) is 36.3 Å². The first-order valence-electron chi connectivity index (χ1n) is 9.81. The van der Waals surface area contributed by atoms with Crippen LogP contribution in [0.1, 0.15) is 60.3 Å². The second-order valence-corrected chi connectivity index (χ2v) is 9.78. The van der Waals surface area contributed by atoms with Crippen LogP contribution in [-0.2, 0) is 13.0 Å². The SMILES string of the molecule is CCc1c([C@@H]2CCCCC[C@H]2N)sc2c(NCc3cccs3)cc(Cl)nc12. The van der Waals surface area contributed by atoms with Crippen LogP contribution in [0.15, 0.2) is 23.6 Å². The summed E-state index contributed by atoms with van der Waals surface area (Å²) in [6.07, 6.45) is 7.10. The molecule has 1 fully saturated rings. The number of halogens is 1. The Kier molecular flexibility index (Phi) is 6.02. The molecule has 6 heteroatoms. The number of rotatable bonds is 5. The fraction of sp³-hybridized carbons (Fsp3) is 0.476. The maximum Gasteiger partial charge on any atom is 0.131 e. The molecule has 1 aliphatic rings. The summed E-state index contributed by atoms with van der Waals surface area (Å²) in [4.78, 5) is 7.47. The third kappa shape index (κ3) is 4.02. The molecule has 0 spiro atoms. The fourth-order valence-corrected chi connectivity index (χ4v) is 6.50. The predicted octanol–water partition coefficient (Wildman–Crippen LogP) is 6.56. The molecule has 0 aliphatic heterocycles. The van der Waals surface area contributed by atoms with E-state index >= 15 is 0 Å². The summed E-state index contributed by atoms with van der Waals surface area (Å²) < 4.78 is 1.22. The molecule has 0 aromatic carbocycles. The number of hydrogen-bond acceptors (Lipinski definition) is 5. The van der Waals surface area contributed by atoms with Crippen LogP contribution in [0.25, 0.3) is 10.2 Å². The number of anilines is 1. The van der Waals surface area contributed by atoms with Gasteiger partial charge in [-0.15, -0.1) is 22.7 Å². The monoisotopic (exact) mass is 419 g/mol. The summed E-state index contributed by atoms with van der Waals surface area (Å²) in [5.41, 5.74) is 10.1. The molecule has 144 valence electrons. The average molecular weight is 420 g/mol. The van der Waals surface area contributed by atoms with Crippen molar-refractivity contribution in [2.75, 3.05) is 5.32 Å². The maximum atomic E-state index is 6.59. The van der Waals surface area contributed by atoms with Crippen LogP contribution in [0, 0.1) is 0 Å². The van der Waals surface area contributed by atoms with Crippen LogP contribution in [0.4, 0.5) is 5.69 Å². The molecule has 0 saturated heterocycles. The summed E-state index contributed by atoms with van der Waals surface area (Å²) in [6, 6.07) is 6.45. The fourth-order valence-electron chi connectivity index (χ4n) is 4.13. The molecule has 3 heterocycles. The van der Waals surface area contributed by atoms with Crippen LogP contribution >= 0.6 is 34.3 Å². The second-order valence-electron chi connectivity index (χ2n) is 7.31. The Hall–Kier alpha value is -1.14. The van der Waals surface area contributed by atoms with Gasteiger partial charge in [0.25, 0.3) is 0 Å². The van der Waals surface area contributed by atoms with Gasteiger partial charge in [0.15, 0.2) is 0 Å². The van der Waals surface area contributed by atoms with E-state index in [-0.39, 0.29) is 6.04 Å². The molecule has 3 aromatic heterocycles. The number of hydrogen-bond donors (Lipinski definition) is 2. The highest BCUT2D eigenvalue weighted by Gasteiger charge is 2.28. The van der Waals surface area contributed by atoms with Gasteiger partial charge in [-0.3, -0.25) is 0 Å². The summed E-state index contributed by atoms with van der Waals surface area (Å²) in [6.45, 7) is 3.03. The first-order chi connectivity index (χ1) is 13.2. The van der Waals surface area contributed by atoms with Crippen molar-refractivity contribution in [3.05, 3.63) is 44.1 Å². The molecule has 0 amide bonds. The molecule has 3 nitrogen and oxygen atoms in total. The number of aromatic nitrogens is 1. The van der Waals surface area contributed by atoms with E-state index in [1.54, 1.807) is 11.3 Å². The molecular formula is C21H26ClN3S2. The van der Waals surface area contributed by atoms with Gasteiger partial charge in [0, 0.05) is 34.3 Å². The zero-order valence-corrected chi connectivity index (χ0v) is 18.0. The van der Waals surface area contributed by atoms with Crippen LogP contribution < -0.4 is 11.1 Å². The van der Waals surface area contributed by atoms with Gasteiger partial charge >= 0.3 is 0 Å². The van der Waals surface area contributed by atoms with E-state index in [1.165, 1.54) is 45.7 Å². The van der Waals surface area contributed by atoms with E-state index in [4.69, 9.17) is 22.3 Å². The lowest BCUT2D eigenvalue weighted by atomic mass is 9.91. The van der Waals surface area contributed by atoms with Crippen molar-refractivity contribution in [1.82, 2.24) is 4.98 Å². The summed E-state index contributed by atoms with van der Waals surface area (Å²) >= 11 is 10.0. The number of nitrogens with one attached hydrogen (secondary N) is 1. The number of nitrogens with zero attached hydrogens (tertiary/aromatic N) is 1. The number of fused-ring (bicyclic) bond motifs is 1. The van der Waals surface area contributed by atoms with E-state index < -0.39 is 0 Å². The number of pyridine rings is 1. The zero-order chi connectivity index (χ0) is 18.8. The first kappa shape index (κ1) is 19.2. The molecule has 27 heavy (non-hydrogen) atoms. The largest absolute Gasteiger partial charge is 0.379 e. The molecule has 4 rings (SSSR count). The average Bonchev–Trinajstić information content (AvgIpc) is 3.24. The van der Waals surface area contributed by atoms with Crippen LogP contribution in [0.2, 0.25) is 5.15 Å². The molecule has 3 N–H and O–H groups in total. The predicted molar refractivity (Wildman–Crippen MR) is 119 cm³/mol. The Morgan fingerprint density at radius 2 is 2.15 bits per heavy atom. The van der Waals surface area contributed by atoms with E-state index in [0.717, 1.165) is 30.6 Å². The summed E-state index contributed by atoms with van der Waals surface area (Å²) in [5.74, 6) is 0.450. The molecule has 2 atom stereocenters. The van der Waals surface area contributed by atoms with Gasteiger partial charge in [-0.2, -0.15) is 0 Å². The number of aryl methyl sites for hydroxylation is 1. The lowest BCUT2D eigenvalue weighted by Gasteiger charge is -2.21. The van der Waals surface area contributed by atoms with Gasteiger partial charge in [-0.25, -0.2) is 4.98 Å². The van der Waals surface area contributed by atoms with Crippen molar-refractivity contribution >= 4 is 50.2 Å². The maximum absolute atomic E-state index is 6.59. The topological polar surface area (TPSA) is 50.9 Å². The third-order valence-corrected chi connectivity index (χ3v) is 7.99. The van der Waals surface area contributed by atoms with Crippen molar-refractivity contribution in [1.29, 1.82) is 0 Å². The minimum Gasteiger partial charge on any atom is -0.379 e. The van der Waals surface area contributed by atoms with E-state index in [0.29, 0.717) is 11.1 Å². The van der Waals surface area contributed by atoms with Crippen molar-refractivity contribution in [2.24, 2.45) is 5.73 Å². The lowest BCUT2D eigenvalue weighted by molar-refractivity contribution is 0.509. The summed E-state index contributed by atoms with van der Waals surface area (Å²) in [7, 11) is 0. The standard InChI is InChI=1S/C21H26ClN3S2/c1-2-14-19-21(27-20(14)15-8-4-3-5-9-16(15)23)17(11-18(22)25-19)24-12-13-7-6-10-26-13/h6-7,10-11,15-16H,2-5,8-9,12,23H2,1H3,(H,24,25)/t15-,16-/m1/s1. The lowest BCUT2D eigenvalue weighted by Crippen LogP contribution is -2.27. The van der Waals surface area contributed by atoms with Gasteiger partial charge in [0.05, 0.1) is 15.9 Å². The molecule has 3 aromatic rings. The van der Waals surface area contributed by atoms with Crippen molar-refractivity contribution < 1.29 is 0 Å². The quantitative estimate of drug-likeness (QED) is 0.363. The minimum absolute atomic E-state index is 0.254. The Morgan fingerprint density at radius 3 is 2.93 bits per heavy atom. The van der Waals surface area contributed by atoms with Crippen LogP contribution in [0.5, 0.6) is 0 Å². The Labute approximate surface area is 174 Å². The van der Waals surface area contributed by atoms with Gasteiger partial charge in [0.1, 0.15) is 5.15 Å². The zero-order valence-electron chi connectivity index (χ0n) is 15.6. The van der Waals surface area contributed by atoms with E-state index in [1.807, 2.05) is 17.4 Å². The molecule has 0 radical (unpaired) electrons. The second kappa shape index (κ2) is 8.48. The molecule has 0 bridgehead atoms. The van der Waals surface area contributed by atoms with Crippen LogP contribution in [0.3, 0.4) is 0 Å². The van der Waals surface area contributed by atoms with Crippen LogP contribution in [-0.4, -0.2) is 11.0 Å². The third-order valence-electron chi connectivity index (χ3n) is 5.53.